The van der Waals surface area contributed by atoms with Gasteiger partial charge >= 0.3 is 11.9 Å². The van der Waals surface area contributed by atoms with Crippen LogP contribution in [0, 0.1) is 0 Å². The lowest BCUT2D eigenvalue weighted by atomic mass is 10.1. The molecule has 18 heavy (non-hydrogen) atoms. The summed E-state index contributed by atoms with van der Waals surface area (Å²) in [5.74, 6) is -1.92. The van der Waals surface area contributed by atoms with Crippen molar-refractivity contribution in [2.75, 3.05) is 0 Å². The second kappa shape index (κ2) is 5.82. The quantitative estimate of drug-likeness (QED) is 0.801. The molecule has 4 heteroatoms. The molecule has 0 radical (unpaired) electrons. The molecule has 1 aromatic carbocycles. The molecule has 94 valence electrons. The average molecular weight is 246 g/mol. The maximum atomic E-state index is 10.6. The van der Waals surface area contributed by atoms with Crippen LogP contribution in [0.25, 0.3) is 12.2 Å². The standard InChI is InChI=1S/C14H14O4/c1-9(13(15)16)7-11-3-5-12(6-4-11)8-10(2)14(17)18/h3-8H,1-2H3,(H,15,16)(H,17,18). The Balaban J connectivity index is 2.94. The first-order chi connectivity index (χ1) is 8.40. The van der Waals surface area contributed by atoms with Gasteiger partial charge in [0.15, 0.2) is 0 Å². The van der Waals surface area contributed by atoms with Crippen molar-refractivity contribution in [1.29, 1.82) is 0 Å². The van der Waals surface area contributed by atoms with Crippen LogP contribution in [0.5, 0.6) is 0 Å². The fourth-order valence-corrected chi connectivity index (χ4v) is 1.31. The van der Waals surface area contributed by atoms with E-state index in [1.165, 1.54) is 13.8 Å². The van der Waals surface area contributed by atoms with Gasteiger partial charge in [0.2, 0.25) is 0 Å². The summed E-state index contributed by atoms with van der Waals surface area (Å²) in [7, 11) is 0. The molecule has 0 amide bonds. The Kier molecular flexibility index (Phi) is 4.43. The van der Waals surface area contributed by atoms with E-state index in [0.717, 1.165) is 11.1 Å². The molecule has 0 unspecified atom stereocenters. The zero-order valence-electron chi connectivity index (χ0n) is 10.2. The maximum absolute atomic E-state index is 10.6. The van der Waals surface area contributed by atoms with Gasteiger partial charge in [0.1, 0.15) is 0 Å². The Morgan fingerprint density at radius 1 is 0.833 bits per heavy atom. The third kappa shape index (κ3) is 3.90. The lowest BCUT2D eigenvalue weighted by Gasteiger charge is -1.99. The van der Waals surface area contributed by atoms with Gasteiger partial charge in [-0.15, -0.1) is 0 Å². The van der Waals surface area contributed by atoms with Crippen LogP contribution >= 0.6 is 0 Å². The molecule has 4 nitrogen and oxygen atoms in total. The van der Waals surface area contributed by atoms with Gasteiger partial charge in [0.25, 0.3) is 0 Å². The molecule has 0 aliphatic carbocycles. The van der Waals surface area contributed by atoms with Crippen LogP contribution in [0.3, 0.4) is 0 Å². The first kappa shape index (κ1) is 13.7. The lowest BCUT2D eigenvalue weighted by molar-refractivity contribution is -0.133. The highest BCUT2D eigenvalue weighted by atomic mass is 16.4. The molecule has 0 bridgehead atoms. The van der Waals surface area contributed by atoms with Gasteiger partial charge in [-0.1, -0.05) is 24.3 Å². The Labute approximate surface area is 105 Å². The largest absolute Gasteiger partial charge is 0.478 e. The van der Waals surface area contributed by atoms with Gasteiger partial charge < -0.3 is 10.2 Å². The van der Waals surface area contributed by atoms with Gasteiger partial charge in [-0.25, -0.2) is 9.59 Å². The predicted octanol–water partition coefficient (Wildman–Crippen LogP) is 2.66. The summed E-state index contributed by atoms with van der Waals surface area (Å²) in [6.07, 6.45) is 3.11. The Morgan fingerprint density at radius 3 is 1.33 bits per heavy atom. The van der Waals surface area contributed by atoms with Gasteiger partial charge in [0, 0.05) is 11.1 Å². The molecule has 0 saturated carbocycles. The summed E-state index contributed by atoms with van der Waals surface area (Å²) in [6, 6.07) is 6.97. The summed E-state index contributed by atoms with van der Waals surface area (Å²) in [5, 5.41) is 17.5. The zero-order valence-corrected chi connectivity index (χ0v) is 10.2. The van der Waals surface area contributed by atoms with Crippen molar-refractivity contribution in [3.05, 3.63) is 46.5 Å². The second-order valence-electron chi connectivity index (χ2n) is 3.93. The fourth-order valence-electron chi connectivity index (χ4n) is 1.31. The van der Waals surface area contributed by atoms with Gasteiger partial charge in [-0.3, -0.25) is 0 Å². The second-order valence-corrected chi connectivity index (χ2v) is 3.93. The van der Waals surface area contributed by atoms with Crippen LogP contribution in [0.1, 0.15) is 25.0 Å². The molecule has 0 aromatic heterocycles. The van der Waals surface area contributed by atoms with Gasteiger partial charge in [-0.2, -0.15) is 0 Å². The molecule has 0 aliphatic heterocycles. The minimum absolute atomic E-state index is 0.250. The molecule has 0 aliphatic rings. The highest BCUT2D eigenvalue weighted by molar-refractivity contribution is 5.92. The molecule has 0 atom stereocenters. The lowest BCUT2D eigenvalue weighted by Crippen LogP contribution is -1.96. The van der Waals surface area contributed by atoms with Crippen LogP contribution in [0.4, 0.5) is 0 Å². The highest BCUT2D eigenvalue weighted by Gasteiger charge is 2.01. The maximum Gasteiger partial charge on any atom is 0.331 e. The van der Waals surface area contributed by atoms with Crippen LogP contribution in [0.2, 0.25) is 0 Å². The van der Waals surface area contributed by atoms with E-state index < -0.39 is 11.9 Å². The van der Waals surface area contributed by atoms with E-state index in [2.05, 4.69) is 0 Å². The first-order valence-electron chi connectivity index (χ1n) is 5.33. The topological polar surface area (TPSA) is 74.6 Å². The fraction of sp³-hybridized carbons (Fsp3) is 0.143. The van der Waals surface area contributed by atoms with Crippen molar-refractivity contribution in [3.8, 4) is 0 Å². The van der Waals surface area contributed by atoms with Crippen molar-refractivity contribution >= 4 is 24.1 Å². The van der Waals surface area contributed by atoms with Crippen molar-refractivity contribution in [2.24, 2.45) is 0 Å². The van der Waals surface area contributed by atoms with E-state index >= 15 is 0 Å². The van der Waals surface area contributed by atoms with E-state index in [4.69, 9.17) is 10.2 Å². The van der Waals surface area contributed by atoms with Crippen molar-refractivity contribution in [1.82, 2.24) is 0 Å². The molecular weight excluding hydrogens is 232 g/mol. The number of aliphatic carboxylic acids is 2. The number of rotatable bonds is 4. The number of carbonyl (C=O) groups is 2. The summed E-state index contributed by atoms with van der Waals surface area (Å²) in [4.78, 5) is 21.3. The molecule has 0 saturated heterocycles. The van der Waals surface area contributed by atoms with Crippen molar-refractivity contribution in [3.63, 3.8) is 0 Å². The van der Waals surface area contributed by atoms with Crippen molar-refractivity contribution in [2.45, 2.75) is 13.8 Å². The number of carboxylic acid groups (broad SMARTS) is 2. The average Bonchev–Trinajstić information content (AvgIpc) is 2.31. The normalized spacial score (nSPS) is 12.3. The third-order valence-corrected chi connectivity index (χ3v) is 2.38. The number of benzene rings is 1. The van der Waals surface area contributed by atoms with E-state index in [-0.39, 0.29) is 11.1 Å². The number of hydrogen-bond donors (Lipinski definition) is 2. The molecule has 1 aromatic rings. The Morgan fingerprint density at radius 2 is 1.11 bits per heavy atom. The van der Waals surface area contributed by atoms with E-state index in [1.54, 1.807) is 36.4 Å². The van der Waals surface area contributed by atoms with Crippen LogP contribution in [0.15, 0.2) is 35.4 Å². The van der Waals surface area contributed by atoms with E-state index in [0.29, 0.717) is 0 Å². The van der Waals surface area contributed by atoms with E-state index in [1.807, 2.05) is 0 Å². The molecule has 0 fully saturated rings. The monoisotopic (exact) mass is 246 g/mol. The van der Waals surface area contributed by atoms with Crippen LogP contribution in [-0.4, -0.2) is 22.2 Å². The Bertz CT molecular complexity index is 472. The van der Waals surface area contributed by atoms with Gasteiger partial charge in [-0.05, 0) is 37.1 Å². The molecular formula is C14H14O4. The smallest absolute Gasteiger partial charge is 0.331 e. The Hall–Kier alpha value is -2.36. The summed E-state index contributed by atoms with van der Waals surface area (Å²) < 4.78 is 0. The summed E-state index contributed by atoms with van der Waals surface area (Å²) in [5.41, 5.74) is 2.03. The minimum Gasteiger partial charge on any atom is -0.478 e. The molecule has 2 N–H and O–H groups in total. The third-order valence-electron chi connectivity index (χ3n) is 2.38. The van der Waals surface area contributed by atoms with E-state index in [9.17, 15) is 9.59 Å². The summed E-state index contributed by atoms with van der Waals surface area (Å²) in [6.45, 7) is 3.04. The predicted molar refractivity (Wildman–Crippen MR) is 69.0 cm³/mol. The first-order valence-corrected chi connectivity index (χ1v) is 5.33. The zero-order chi connectivity index (χ0) is 13.7. The SMILES string of the molecule is CC(=Cc1ccc(C=C(C)C(=O)O)cc1)C(=O)O. The minimum atomic E-state index is -0.958. The number of hydrogen-bond acceptors (Lipinski definition) is 2. The number of carboxylic acids is 2. The summed E-state index contributed by atoms with van der Waals surface area (Å²) >= 11 is 0. The van der Waals surface area contributed by atoms with Crippen LogP contribution < -0.4 is 0 Å². The van der Waals surface area contributed by atoms with Crippen LogP contribution in [-0.2, 0) is 9.59 Å². The highest BCUT2D eigenvalue weighted by Crippen LogP contribution is 2.12. The molecule has 1 rings (SSSR count). The molecule has 0 heterocycles. The molecule has 0 spiro atoms. The van der Waals surface area contributed by atoms with Gasteiger partial charge in [0.05, 0.1) is 0 Å². The van der Waals surface area contributed by atoms with Crippen molar-refractivity contribution < 1.29 is 19.8 Å².